The van der Waals surface area contributed by atoms with Gasteiger partial charge in [-0.25, -0.2) is 0 Å². The summed E-state index contributed by atoms with van der Waals surface area (Å²) in [6.07, 6.45) is 0. The van der Waals surface area contributed by atoms with Crippen LogP contribution in [0, 0.1) is 0 Å². The molecule has 2 aromatic carbocycles. The first kappa shape index (κ1) is 13.1. The van der Waals surface area contributed by atoms with E-state index in [4.69, 9.17) is 10.5 Å². The molecule has 2 rings (SSSR count). The van der Waals surface area contributed by atoms with E-state index in [9.17, 15) is 4.79 Å². The molecule has 0 saturated heterocycles. The van der Waals surface area contributed by atoms with E-state index in [0.717, 1.165) is 11.3 Å². The van der Waals surface area contributed by atoms with Crippen molar-refractivity contribution in [2.45, 2.75) is 6.54 Å². The average Bonchev–Trinajstić information content (AvgIpc) is 2.47. The molecule has 0 heterocycles. The van der Waals surface area contributed by atoms with Gasteiger partial charge in [0.25, 0.3) is 5.91 Å². The number of nitrogens with two attached hydrogens (primary N) is 1. The number of carbonyl (C=O) groups is 1. The van der Waals surface area contributed by atoms with Gasteiger partial charge in [-0.1, -0.05) is 24.3 Å². The molecule has 19 heavy (non-hydrogen) atoms. The number of amides is 1. The molecule has 0 aliphatic carbocycles. The van der Waals surface area contributed by atoms with Crippen molar-refractivity contribution >= 4 is 11.6 Å². The zero-order valence-corrected chi connectivity index (χ0v) is 10.7. The SMILES string of the molecule is COc1ccccc1C(=O)Nc1cccc(CN)c1. The molecule has 4 nitrogen and oxygen atoms in total. The van der Waals surface area contributed by atoms with Crippen molar-refractivity contribution in [3.05, 3.63) is 59.7 Å². The molecule has 3 N–H and O–H groups in total. The Morgan fingerprint density at radius 1 is 1.21 bits per heavy atom. The van der Waals surface area contributed by atoms with E-state index in [-0.39, 0.29) is 5.91 Å². The second-order valence-corrected chi connectivity index (χ2v) is 4.06. The molecule has 0 spiro atoms. The Bertz CT molecular complexity index is 582. The van der Waals surface area contributed by atoms with Gasteiger partial charge in [0, 0.05) is 12.2 Å². The molecule has 0 aliphatic rings. The van der Waals surface area contributed by atoms with Crippen LogP contribution in [0.2, 0.25) is 0 Å². The number of hydrogen-bond acceptors (Lipinski definition) is 3. The molecule has 98 valence electrons. The summed E-state index contributed by atoms with van der Waals surface area (Å²) < 4.78 is 5.17. The molecule has 0 atom stereocenters. The van der Waals surface area contributed by atoms with E-state index < -0.39 is 0 Å². The second-order valence-electron chi connectivity index (χ2n) is 4.06. The van der Waals surface area contributed by atoms with Gasteiger partial charge in [-0.3, -0.25) is 4.79 Å². The van der Waals surface area contributed by atoms with Crippen LogP contribution in [-0.4, -0.2) is 13.0 Å². The monoisotopic (exact) mass is 256 g/mol. The van der Waals surface area contributed by atoms with E-state index in [1.54, 1.807) is 25.3 Å². The lowest BCUT2D eigenvalue weighted by atomic mass is 10.1. The summed E-state index contributed by atoms with van der Waals surface area (Å²) in [5.74, 6) is 0.349. The first-order valence-corrected chi connectivity index (χ1v) is 5.98. The predicted octanol–water partition coefficient (Wildman–Crippen LogP) is 2.41. The minimum atomic E-state index is -0.202. The number of para-hydroxylation sites is 1. The molecule has 0 bridgehead atoms. The molecule has 0 radical (unpaired) electrons. The van der Waals surface area contributed by atoms with Crippen molar-refractivity contribution in [1.29, 1.82) is 0 Å². The van der Waals surface area contributed by atoms with Crippen LogP contribution in [0.5, 0.6) is 5.75 Å². The van der Waals surface area contributed by atoms with Crippen LogP contribution < -0.4 is 15.8 Å². The maximum atomic E-state index is 12.2. The fourth-order valence-electron chi connectivity index (χ4n) is 1.81. The Balaban J connectivity index is 2.20. The van der Waals surface area contributed by atoms with Gasteiger partial charge in [-0.15, -0.1) is 0 Å². The van der Waals surface area contributed by atoms with Crippen LogP contribution in [0.1, 0.15) is 15.9 Å². The fourth-order valence-corrected chi connectivity index (χ4v) is 1.81. The van der Waals surface area contributed by atoms with E-state index in [1.807, 2.05) is 30.3 Å². The summed E-state index contributed by atoms with van der Waals surface area (Å²) in [4.78, 5) is 12.2. The largest absolute Gasteiger partial charge is 0.496 e. The summed E-state index contributed by atoms with van der Waals surface area (Å²) in [5, 5.41) is 2.83. The number of ether oxygens (including phenoxy) is 1. The predicted molar refractivity (Wildman–Crippen MR) is 75.3 cm³/mol. The maximum absolute atomic E-state index is 12.2. The molecule has 0 saturated carbocycles. The summed E-state index contributed by atoms with van der Waals surface area (Å²) in [6, 6.07) is 14.6. The van der Waals surface area contributed by atoms with Gasteiger partial charge >= 0.3 is 0 Å². The first-order chi connectivity index (χ1) is 9.24. The Hall–Kier alpha value is -2.33. The normalized spacial score (nSPS) is 10.0. The quantitative estimate of drug-likeness (QED) is 0.883. The zero-order valence-electron chi connectivity index (χ0n) is 10.7. The molecule has 0 aliphatic heterocycles. The number of rotatable bonds is 4. The Labute approximate surface area is 112 Å². The van der Waals surface area contributed by atoms with E-state index in [0.29, 0.717) is 17.9 Å². The third-order valence-electron chi connectivity index (χ3n) is 2.77. The highest BCUT2D eigenvalue weighted by atomic mass is 16.5. The van der Waals surface area contributed by atoms with Gasteiger partial charge in [-0.05, 0) is 29.8 Å². The Morgan fingerprint density at radius 3 is 2.74 bits per heavy atom. The summed E-state index contributed by atoms with van der Waals surface area (Å²) in [7, 11) is 1.54. The number of nitrogens with one attached hydrogen (secondary N) is 1. The molecular weight excluding hydrogens is 240 g/mol. The van der Waals surface area contributed by atoms with Crippen molar-refractivity contribution in [2.75, 3.05) is 12.4 Å². The van der Waals surface area contributed by atoms with Crippen LogP contribution in [0.4, 0.5) is 5.69 Å². The molecule has 2 aromatic rings. The third-order valence-corrected chi connectivity index (χ3v) is 2.77. The van der Waals surface area contributed by atoms with Gasteiger partial charge in [-0.2, -0.15) is 0 Å². The van der Waals surface area contributed by atoms with Crippen LogP contribution >= 0.6 is 0 Å². The van der Waals surface area contributed by atoms with E-state index in [1.165, 1.54) is 0 Å². The van der Waals surface area contributed by atoms with Crippen molar-refractivity contribution in [1.82, 2.24) is 0 Å². The minimum absolute atomic E-state index is 0.202. The number of methoxy groups -OCH3 is 1. The molecule has 0 unspecified atom stereocenters. The standard InChI is InChI=1S/C15H16N2O2/c1-19-14-8-3-2-7-13(14)15(18)17-12-6-4-5-11(9-12)10-16/h2-9H,10,16H2,1H3,(H,17,18). The second kappa shape index (κ2) is 6.02. The Kier molecular flexibility index (Phi) is 4.15. The van der Waals surface area contributed by atoms with Gasteiger partial charge < -0.3 is 15.8 Å². The molecule has 0 fully saturated rings. The molecule has 4 heteroatoms. The average molecular weight is 256 g/mol. The summed E-state index contributed by atoms with van der Waals surface area (Å²) in [5.41, 5.74) is 7.77. The van der Waals surface area contributed by atoms with Gasteiger partial charge in [0.1, 0.15) is 5.75 Å². The van der Waals surface area contributed by atoms with Gasteiger partial charge in [0.2, 0.25) is 0 Å². The molecule has 1 amide bonds. The molecular formula is C15H16N2O2. The number of benzene rings is 2. The lowest BCUT2D eigenvalue weighted by Gasteiger charge is -2.09. The van der Waals surface area contributed by atoms with E-state index in [2.05, 4.69) is 5.32 Å². The number of anilines is 1. The first-order valence-electron chi connectivity index (χ1n) is 5.98. The van der Waals surface area contributed by atoms with Crippen molar-refractivity contribution in [3.8, 4) is 5.75 Å². The fraction of sp³-hybridized carbons (Fsp3) is 0.133. The number of carbonyl (C=O) groups excluding carboxylic acids is 1. The van der Waals surface area contributed by atoms with Crippen molar-refractivity contribution in [3.63, 3.8) is 0 Å². The van der Waals surface area contributed by atoms with Crippen LogP contribution in [0.25, 0.3) is 0 Å². The highest BCUT2D eigenvalue weighted by Gasteiger charge is 2.11. The smallest absolute Gasteiger partial charge is 0.259 e. The number of hydrogen-bond donors (Lipinski definition) is 2. The minimum Gasteiger partial charge on any atom is -0.496 e. The van der Waals surface area contributed by atoms with E-state index >= 15 is 0 Å². The highest BCUT2D eigenvalue weighted by molar-refractivity contribution is 6.06. The lowest BCUT2D eigenvalue weighted by molar-refractivity contribution is 0.102. The third kappa shape index (κ3) is 3.11. The summed E-state index contributed by atoms with van der Waals surface area (Å²) in [6.45, 7) is 0.443. The van der Waals surface area contributed by atoms with Gasteiger partial charge in [0.15, 0.2) is 0 Å². The highest BCUT2D eigenvalue weighted by Crippen LogP contribution is 2.19. The van der Waals surface area contributed by atoms with Gasteiger partial charge in [0.05, 0.1) is 12.7 Å². The maximum Gasteiger partial charge on any atom is 0.259 e. The lowest BCUT2D eigenvalue weighted by Crippen LogP contribution is -2.13. The Morgan fingerprint density at radius 2 is 2.00 bits per heavy atom. The van der Waals surface area contributed by atoms with Crippen molar-refractivity contribution < 1.29 is 9.53 Å². The topological polar surface area (TPSA) is 64.3 Å². The van der Waals surface area contributed by atoms with Crippen LogP contribution in [0.3, 0.4) is 0 Å². The van der Waals surface area contributed by atoms with Crippen molar-refractivity contribution in [2.24, 2.45) is 5.73 Å². The van der Waals surface area contributed by atoms with Crippen LogP contribution in [-0.2, 0) is 6.54 Å². The summed E-state index contributed by atoms with van der Waals surface area (Å²) >= 11 is 0. The van der Waals surface area contributed by atoms with Crippen LogP contribution in [0.15, 0.2) is 48.5 Å². The molecule has 0 aromatic heterocycles. The zero-order chi connectivity index (χ0) is 13.7.